The second-order valence-corrected chi connectivity index (χ2v) is 5.29. The van der Waals surface area contributed by atoms with Gasteiger partial charge >= 0.3 is 0 Å². The summed E-state index contributed by atoms with van der Waals surface area (Å²) in [6, 6.07) is 1.74. The summed E-state index contributed by atoms with van der Waals surface area (Å²) in [5.74, 6) is 2.79. The first-order valence-corrected chi connectivity index (χ1v) is 6.70. The highest BCUT2D eigenvalue weighted by Crippen LogP contribution is 2.14. The molecule has 1 amide bonds. The van der Waals surface area contributed by atoms with Crippen molar-refractivity contribution in [2.45, 2.75) is 0 Å². The van der Waals surface area contributed by atoms with Crippen LogP contribution in [-0.4, -0.2) is 59.5 Å². The zero-order valence-electron chi connectivity index (χ0n) is 10.1. The summed E-state index contributed by atoms with van der Waals surface area (Å²) in [7, 11) is 3.79. The van der Waals surface area contributed by atoms with Gasteiger partial charge in [0.05, 0.1) is 0 Å². The molecule has 0 atom stereocenters. The molecule has 92 valence electrons. The van der Waals surface area contributed by atoms with Crippen LogP contribution in [0.3, 0.4) is 0 Å². The van der Waals surface area contributed by atoms with Crippen LogP contribution in [-0.2, 0) is 0 Å². The number of amides is 1. The maximum absolute atomic E-state index is 12.2. The Bertz CT molecular complexity index is 404. The smallest absolute Gasteiger partial charge is 0.272 e. The fourth-order valence-electron chi connectivity index (χ4n) is 1.64. The fraction of sp³-hybridized carbons (Fsp3) is 0.545. The molecule has 1 aromatic heterocycles. The van der Waals surface area contributed by atoms with Crippen molar-refractivity contribution < 1.29 is 4.79 Å². The standard InChI is InChI=1S/C11H16N4OS/c1-14(2)10-7-9(12-8-13-10)11(16)15-3-5-17-6-4-15/h7-8H,3-6H2,1-2H3. The molecule has 5 nitrogen and oxygen atoms in total. The Hall–Kier alpha value is -1.30. The lowest BCUT2D eigenvalue weighted by Gasteiger charge is -2.26. The van der Waals surface area contributed by atoms with Crippen molar-refractivity contribution in [3.63, 3.8) is 0 Å². The van der Waals surface area contributed by atoms with Crippen LogP contribution in [0.5, 0.6) is 0 Å². The fourth-order valence-corrected chi connectivity index (χ4v) is 2.54. The summed E-state index contributed by atoms with van der Waals surface area (Å²) in [6.07, 6.45) is 1.45. The number of carbonyl (C=O) groups excluding carboxylic acids is 1. The maximum atomic E-state index is 12.2. The zero-order chi connectivity index (χ0) is 12.3. The molecular weight excluding hydrogens is 236 g/mol. The van der Waals surface area contributed by atoms with Gasteiger partial charge in [0, 0.05) is 44.8 Å². The van der Waals surface area contributed by atoms with Gasteiger partial charge in [0.25, 0.3) is 5.91 Å². The maximum Gasteiger partial charge on any atom is 0.272 e. The molecule has 1 aromatic rings. The van der Waals surface area contributed by atoms with Crippen LogP contribution < -0.4 is 4.90 Å². The van der Waals surface area contributed by atoms with E-state index in [0.717, 1.165) is 30.4 Å². The van der Waals surface area contributed by atoms with Gasteiger partial charge in [-0.05, 0) is 0 Å². The van der Waals surface area contributed by atoms with E-state index in [9.17, 15) is 4.79 Å². The predicted octanol–water partition coefficient (Wildman–Crippen LogP) is 0.732. The normalized spacial score (nSPS) is 15.8. The van der Waals surface area contributed by atoms with Crippen LogP contribution in [0.15, 0.2) is 12.4 Å². The van der Waals surface area contributed by atoms with Crippen molar-refractivity contribution in [3.05, 3.63) is 18.1 Å². The van der Waals surface area contributed by atoms with Crippen molar-refractivity contribution in [1.82, 2.24) is 14.9 Å². The molecule has 0 radical (unpaired) electrons. The van der Waals surface area contributed by atoms with E-state index in [1.54, 1.807) is 6.07 Å². The molecule has 0 N–H and O–H groups in total. The highest BCUT2D eigenvalue weighted by atomic mass is 32.2. The number of aromatic nitrogens is 2. The SMILES string of the molecule is CN(C)c1cc(C(=O)N2CCSCC2)ncn1. The third-order valence-electron chi connectivity index (χ3n) is 2.63. The largest absolute Gasteiger partial charge is 0.363 e. The monoisotopic (exact) mass is 252 g/mol. The summed E-state index contributed by atoms with van der Waals surface area (Å²) in [6.45, 7) is 1.62. The number of anilines is 1. The lowest BCUT2D eigenvalue weighted by Crippen LogP contribution is -2.38. The van der Waals surface area contributed by atoms with Crippen LogP contribution in [0, 0.1) is 0 Å². The molecule has 2 heterocycles. The molecule has 1 aliphatic rings. The lowest BCUT2D eigenvalue weighted by atomic mass is 10.3. The topological polar surface area (TPSA) is 49.3 Å². The minimum absolute atomic E-state index is 0.0100. The molecule has 0 saturated carbocycles. The average Bonchev–Trinajstić information content (AvgIpc) is 2.39. The zero-order valence-corrected chi connectivity index (χ0v) is 10.9. The van der Waals surface area contributed by atoms with Gasteiger partial charge in [-0.15, -0.1) is 0 Å². The van der Waals surface area contributed by atoms with Crippen LogP contribution in [0.1, 0.15) is 10.5 Å². The van der Waals surface area contributed by atoms with Crippen molar-refractivity contribution in [2.75, 3.05) is 43.6 Å². The Morgan fingerprint density at radius 2 is 2.06 bits per heavy atom. The summed E-state index contributed by atoms with van der Waals surface area (Å²) < 4.78 is 0. The lowest BCUT2D eigenvalue weighted by molar-refractivity contribution is 0.0766. The van der Waals surface area contributed by atoms with E-state index in [2.05, 4.69) is 9.97 Å². The summed E-state index contributed by atoms with van der Waals surface area (Å²) in [5, 5.41) is 0. The highest BCUT2D eigenvalue weighted by molar-refractivity contribution is 7.99. The Kier molecular flexibility index (Phi) is 3.83. The predicted molar refractivity (Wildman–Crippen MR) is 69.6 cm³/mol. The van der Waals surface area contributed by atoms with Crippen molar-refractivity contribution >= 4 is 23.5 Å². The number of thioether (sulfide) groups is 1. The van der Waals surface area contributed by atoms with Gasteiger partial charge < -0.3 is 9.80 Å². The van der Waals surface area contributed by atoms with Gasteiger partial charge in [-0.3, -0.25) is 4.79 Å². The first-order chi connectivity index (χ1) is 8.18. The van der Waals surface area contributed by atoms with Gasteiger partial charge in [-0.1, -0.05) is 0 Å². The van der Waals surface area contributed by atoms with Gasteiger partial charge in [0.15, 0.2) is 0 Å². The Morgan fingerprint density at radius 1 is 1.35 bits per heavy atom. The average molecular weight is 252 g/mol. The molecule has 2 rings (SSSR count). The molecule has 0 bridgehead atoms. The quantitative estimate of drug-likeness (QED) is 0.776. The van der Waals surface area contributed by atoms with E-state index in [4.69, 9.17) is 0 Å². The summed E-state index contributed by atoms with van der Waals surface area (Å²) in [5.41, 5.74) is 0.482. The Balaban J connectivity index is 2.15. The number of hydrogen-bond donors (Lipinski definition) is 0. The van der Waals surface area contributed by atoms with Gasteiger partial charge in [0.1, 0.15) is 17.8 Å². The van der Waals surface area contributed by atoms with Gasteiger partial charge in [-0.2, -0.15) is 11.8 Å². The number of hydrogen-bond acceptors (Lipinski definition) is 5. The van der Waals surface area contributed by atoms with Crippen LogP contribution in [0.25, 0.3) is 0 Å². The number of nitrogens with zero attached hydrogens (tertiary/aromatic N) is 4. The van der Waals surface area contributed by atoms with E-state index in [1.807, 2.05) is 35.7 Å². The molecule has 0 aliphatic carbocycles. The molecule has 6 heteroatoms. The molecular formula is C11H16N4OS. The molecule has 1 saturated heterocycles. The summed E-state index contributed by atoms with van der Waals surface area (Å²) >= 11 is 1.88. The Morgan fingerprint density at radius 3 is 2.71 bits per heavy atom. The van der Waals surface area contributed by atoms with Crippen LogP contribution >= 0.6 is 11.8 Å². The molecule has 17 heavy (non-hydrogen) atoms. The Labute approximate surface area is 105 Å². The molecule has 1 fully saturated rings. The third-order valence-corrected chi connectivity index (χ3v) is 3.57. The second kappa shape index (κ2) is 5.35. The van der Waals surface area contributed by atoms with E-state index < -0.39 is 0 Å². The van der Waals surface area contributed by atoms with E-state index in [1.165, 1.54) is 6.33 Å². The minimum atomic E-state index is 0.0100. The first-order valence-electron chi connectivity index (χ1n) is 5.55. The minimum Gasteiger partial charge on any atom is -0.363 e. The van der Waals surface area contributed by atoms with Crippen LogP contribution in [0.2, 0.25) is 0 Å². The van der Waals surface area contributed by atoms with E-state index in [-0.39, 0.29) is 5.91 Å². The van der Waals surface area contributed by atoms with E-state index in [0.29, 0.717) is 5.69 Å². The molecule has 1 aliphatic heterocycles. The van der Waals surface area contributed by atoms with Gasteiger partial charge in [-0.25, -0.2) is 9.97 Å². The highest BCUT2D eigenvalue weighted by Gasteiger charge is 2.19. The number of carbonyl (C=O) groups is 1. The molecule has 0 aromatic carbocycles. The van der Waals surface area contributed by atoms with Crippen molar-refractivity contribution in [1.29, 1.82) is 0 Å². The van der Waals surface area contributed by atoms with Gasteiger partial charge in [0.2, 0.25) is 0 Å². The van der Waals surface area contributed by atoms with E-state index >= 15 is 0 Å². The van der Waals surface area contributed by atoms with Crippen molar-refractivity contribution in [3.8, 4) is 0 Å². The third kappa shape index (κ3) is 2.88. The molecule has 0 spiro atoms. The van der Waals surface area contributed by atoms with Crippen molar-refractivity contribution in [2.24, 2.45) is 0 Å². The number of rotatable bonds is 2. The second-order valence-electron chi connectivity index (χ2n) is 4.06. The van der Waals surface area contributed by atoms with Crippen LogP contribution in [0.4, 0.5) is 5.82 Å². The summed E-state index contributed by atoms with van der Waals surface area (Å²) in [4.78, 5) is 24.1. The first kappa shape index (κ1) is 12.2. The molecule has 0 unspecified atom stereocenters.